The van der Waals surface area contributed by atoms with Crippen LogP contribution >= 0.6 is 11.8 Å². The van der Waals surface area contributed by atoms with Crippen molar-refractivity contribution in [2.75, 3.05) is 26.3 Å². The van der Waals surface area contributed by atoms with Crippen LogP contribution in [0, 0.1) is 17.8 Å². The number of amides is 2. The van der Waals surface area contributed by atoms with E-state index in [0.29, 0.717) is 32.5 Å². The Morgan fingerprint density at radius 3 is 2.61 bits per heavy atom. The zero-order valence-electron chi connectivity index (χ0n) is 22.2. The molecule has 3 fully saturated rings. The molecule has 3 rings (SSSR count). The highest BCUT2D eigenvalue weighted by atomic mass is 32.2. The monoisotopic (exact) mass is 520 g/mol. The smallest absolute Gasteiger partial charge is 0.310 e. The number of nitrogens with zero attached hydrogens (tertiary/aromatic N) is 2. The number of aliphatic hydroxyl groups is 1. The minimum Gasteiger partial charge on any atom is -0.465 e. The number of thioether (sulfide) groups is 1. The van der Waals surface area contributed by atoms with Crippen molar-refractivity contribution in [1.29, 1.82) is 0 Å². The van der Waals surface area contributed by atoms with Crippen molar-refractivity contribution in [3.05, 3.63) is 25.3 Å². The molecule has 0 aromatic heterocycles. The fourth-order valence-electron chi connectivity index (χ4n) is 6.39. The number of esters is 1. The second-order valence-electron chi connectivity index (χ2n) is 10.7. The van der Waals surface area contributed by atoms with Gasteiger partial charge < -0.3 is 19.6 Å². The first-order valence-corrected chi connectivity index (χ1v) is 14.4. The molecule has 2 amide bonds. The van der Waals surface area contributed by atoms with Crippen LogP contribution in [0.25, 0.3) is 0 Å². The molecular weight excluding hydrogens is 476 g/mol. The molecule has 3 heterocycles. The summed E-state index contributed by atoms with van der Waals surface area (Å²) in [5.41, 5.74) is 0. The van der Waals surface area contributed by atoms with Gasteiger partial charge in [0.2, 0.25) is 11.8 Å². The summed E-state index contributed by atoms with van der Waals surface area (Å²) in [6.07, 6.45) is 9.10. The summed E-state index contributed by atoms with van der Waals surface area (Å²) in [5, 5.41) is 9.19. The minimum absolute atomic E-state index is 0.00614. The quantitative estimate of drug-likeness (QED) is 0.201. The molecular formula is C28H44N2O5S. The summed E-state index contributed by atoms with van der Waals surface area (Å²) in [7, 11) is 0. The van der Waals surface area contributed by atoms with Gasteiger partial charge in [0.05, 0.1) is 23.2 Å². The van der Waals surface area contributed by atoms with Crippen molar-refractivity contribution in [3.63, 3.8) is 0 Å². The van der Waals surface area contributed by atoms with E-state index in [0.717, 1.165) is 32.1 Å². The predicted molar refractivity (Wildman–Crippen MR) is 143 cm³/mol. The van der Waals surface area contributed by atoms with E-state index < -0.39 is 22.6 Å². The molecule has 3 unspecified atom stereocenters. The maximum Gasteiger partial charge on any atom is 0.310 e. The lowest BCUT2D eigenvalue weighted by Gasteiger charge is -2.41. The number of aliphatic hydroxyl groups excluding tert-OH is 1. The Morgan fingerprint density at radius 2 is 1.97 bits per heavy atom. The summed E-state index contributed by atoms with van der Waals surface area (Å²) in [5.74, 6) is -1.36. The highest BCUT2D eigenvalue weighted by Gasteiger charge is 2.76. The molecule has 3 aliphatic heterocycles. The molecule has 0 saturated carbocycles. The Balaban J connectivity index is 1.91. The first-order chi connectivity index (χ1) is 17.3. The van der Waals surface area contributed by atoms with Crippen molar-refractivity contribution in [2.24, 2.45) is 17.8 Å². The van der Waals surface area contributed by atoms with E-state index in [4.69, 9.17) is 4.74 Å². The largest absolute Gasteiger partial charge is 0.465 e. The van der Waals surface area contributed by atoms with Gasteiger partial charge in [0, 0.05) is 31.0 Å². The van der Waals surface area contributed by atoms with E-state index >= 15 is 0 Å². The second-order valence-corrected chi connectivity index (χ2v) is 12.2. The van der Waals surface area contributed by atoms with Gasteiger partial charge >= 0.3 is 5.97 Å². The van der Waals surface area contributed by atoms with Gasteiger partial charge in [0.25, 0.3) is 0 Å². The fourth-order valence-corrected chi connectivity index (χ4v) is 8.79. The normalized spacial score (nSPS) is 30.5. The molecule has 0 aromatic carbocycles. The van der Waals surface area contributed by atoms with Crippen molar-refractivity contribution < 1.29 is 24.2 Å². The molecule has 6 atom stereocenters. The highest BCUT2D eigenvalue weighted by molar-refractivity contribution is 8.02. The maximum absolute atomic E-state index is 14.1. The molecule has 1 N–H and O–H groups in total. The summed E-state index contributed by atoms with van der Waals surface area (Å²) < 4.78 is 5.06. The van der Waals surface area contributed by atoms with Crippen LogP contribution in [0.1, 0.15) is 65.7 Å². The molecule has 7 nitrogen and oxygen atoms in total. The van der Waals surface area contributed by atoms with Gasteiger partial charge in [-0.3, -0.25) is 14.4 Å². The zero-order valence-corrected chi connectivity index (χ0v) is 23.0. The molecule has 0 aliphatic carbocycles. The third-order valence-corrected chi connectivity index (χ3v) is 10.2. The first kappa shape index (κ1) is 28.8. The lowest BCUT2D eigenvalue weighted by atomic mass is 9.66. The molecule has 3 aliphatic rings. The van der Waals surface area contributed by atoms with Gasteiger partial charge in [-0.25, -0.2) is 0 Å². The number of carbonyl (C=O) groups is 3. The Morgan fingerprint density at radius 1 is 1.22 bits per heavy atom. The third kappa shape index (κ3) is 5.26. The fraction of sp³-hybridized carbons (Fsp3) is 0.750. The number of unbranched alkanes of at least 4 members (excludes halogenated alkanes) is 4. The van der Waals surface area contributed by atoms with Crippen LogP contribution in [-0.4, -0.2) is 81.1 Å². The van der Waals surface area contributed by atoms with Crippen LogP contribution in [0.4, 0.5) is 0 Å². The summed E-state index contributed by atoms with van der Waals surface area (Å²) in [6.45, 7) is 15.0. The van der Waals surface area contributed by atoms with E-state index in [2.05, 4.69) is 20.1 Å². The van der Waals surface area contributed by atoms with Gasteiger partial charge in [-0.1, -0.05) is 19.1 Å². The Labute approximate surface area is 220 Å². The molecule has 0 radical (unpaired) electrons. The number of hydrogen-bond donors (Lipinski definition) is 1. The maximum atomic E-state index is 14.1. The molecule has 1 spiro atoms. The van der Waals surface area contributed by atoms with Crippen molar-refractivity contribution >= 4 is 29.5 Å². The summed E-state index contributed by atoms with van der Waals surface area (Å²) in [4.78, 5) is 45.1. The van der Waals surface area contributed by atoms with Gasteiger partial charge in [-0.15, -0.1) is 24.9 Å². The van der Waals surface area contributed by atoms with Crippen molar-refractivity contribution in [3.8, 4) is 0 Å². The van der Waals surface area contributed by atoms with Gasteiger partial charge in [-0.05, 0) is 64.7 Å². The van der Waals surface area contributed by atoms with E-state index in [1.165, 1.54) is 0 Å². The molecule has 8 heteroatoms. The highest BCUT2D eigenvalue weighted by Crippen LogP contribution is 2.68. The van der Waals surface area contributed by atoms with Crippen LogP contribution in [0.2, 0.25) is 0 Å². The van der Waals surface area contributed by atoms with Gasteiger partial charge in [-0.2, -0.15) is 0 Å². The van der Waals surface area contributed by atoms with Gasteiger partial charge in [0.15, 0.2) is 0 Å². The van der Waals surface area contributed by atoms with Crippen molar-refractivity contribution in [1.82, 2.24) is 9.80 Å². The van der Waals surface area contributed by atoms with Crippen LogP contribution in [0.15, 0.2) is 25.3 Å². The Kier molecular flexibility index (Phi) is 10.1. The van der Waals surface area contributed by atoms with Crippen LogP contribution < -0.4 is 0 Å². The van der Waals surface area contributed by atoms with E-state index in [9.17, 15) is 19.5 Å². The zero-order chi connectivity index (χ0) is 26.5. The molecule has 3 saturated heterocycles. The molecule has 0 aromatic rings. The first-order valence-electron chi connectivity index (χ1n) is 13.5. The SMILES string of the molecule is C=CCCCCOC(=O)[C@@H]1[C@@H]2CC(C)C3(S2)C(C(=O)N(CC=C)C(C)C)N(CCCCCO)C(=O)[C@H]13. The number of allylic oxidation sites excluding steroid dienone is 1. The third-order valence-electron chi connectivity index (χ3n) is 8.09. The molecule has 2 bridgehead atoms. The van der Waals surface area contributed by atoms with Crippen LogP contribution in [0.5, 0.6) is 0 Å². The van der Waals surface area contributed by atoms with Gasteiger partial charge in [0.1, 0.15) is 6.04 Å². The molecule has 36 heavy (non-hydrogen) atoms. The standard InChI is InChI=1S/C28H44N2O5S/c1-6-8-9-13-17-35-27(34)22-21-18-20(5)28(36-21)23(22)25(32)30(15-11-10-12-16-31)24(28)26(33)29(14-7-2)19(3)4/h6-7,19-24,31H,1-2,8-18H2,3-5H3/t20?,21-,22+,23-,24?,28?/m0/s1. The number of ether oxygens (including phenoxy) is 1. The molecule has 202 valence electrons. The topological polar surface area (TPSA) is 87.2 Å². The predicted octanol–water partition coefficient (Wildman–Crippen LogP) is 3.81. The second kappa shape index (κ2) is 12.6. The summed E-state index contributed by atoms with van der Waals surface area (Å²) in [6, 6.07) is -0.644. The Bertz CT molecular complexity index is 833. The average molecular weight is 521 g/mol. The number of carbonyl (C=O) groups excluding carboxylic acids is 3. The average Bonchev–Trinajstić information content (AvgIpc) is 3.43. The van der Waals surface area contributed by atoms with Crippen molar-refractivity contribution in [2.45, 2.75) is 87.8 Å². The van der Waals surface area contributed by atoms with Crippen LogP contribution in [-0.2, 0) is 19.1 Å². The lowest BCUT2D eigenvalue weighted by molar-refractivity contribution is -0.154. The lowest BCUT2D eigenvalue weighted by Crippen LogP contribution is -2.58. The van der Waals surface area contributed by atoms with E-state index in [1.807, 2.05) is 19.9 Å². The van der Waals surface area contributed by atoms with E-state index in [1.54, 1.807) is 27.6 Å². The number of fused-ring (bicyclic) bond motifs is 1. The van der Waals surface area contributed by atoms with E-state index in [-0.39, 0.29) is 41.6 Å². The number of rotatable bonds is 15. The summed E-state index contributed by atoms with van der Waals surface area (Å²) >= 11 is 1.69. The Hall–Kier alpha value is -1.80. The number of likely N-dealkylation sites (tertiary alicyclic amines) is 1. The number of hydrogen-bond acceptors (Lipinski definition) is 6. The van der Waals surface area contributed by atoms with Crippen LogP contribution in [0.3, 0.4) is 0 Å². The minimum atomic E-state index is -0.628.